The highest BCUT2D eigenvalue weighted by Gasteiger charge is 2.23. The summed E-state index contributed by atoms with van der Waals surface area (Å²) in [7, 11) is 0. The SMILES string of the molecule is Cc1ccc(NC(=S)NC[C@H]2CCCO2)cc1N1CCCC1=O. The molecule has 23 heavy (non-hydrogen) atoms. The molecule has 0 saturated carbocycles. The first kappa shape index (κ1) is 16.2. The van der Waals surface area contributed by atoms with Crippen LogP contribution in [0.1, 0.15) is 31.2 Å². The zero-order valence-electron chi connectivity index (χ0n) is 13.4. The van der Waals surface area contributed by atoms with Crippen LogP contribution in [0.5, 0.6) is 0 Å². The van der Waals surface area contributed by atoms with Crippen molar-refractivity contribution in [1.82, 2.24) is 5.32 Å². The summed E-state index contributed by atoms with van der Waals surface area (Å²) in [5.74, 6) is 0.198. The molecule has 2 aliphatic rings. The zero-order valence-corrected chi connectivity index (χ0v) is 14.2. The average molecular weight is 333 g/mol. The molecule has 6 heteroatoms. The van der Waals surface area contributed by atoms with Gasteiger partial charge in [-0.25, -0.2) is 0 Å². The molecule has 0 aliphatic carbocycles. The van der Waals surface area contributed by atoms with Gasteiger partial charge < -0.3 is 20.3 Å². The van der Waals surface area contributed by atoms with Crippen molar-refractivity contribution in [2.45, 2.75) is 38.7 Å². The van der Waals surface area contributed by atoms with E-state index in [-0.39, 0.29) is 12.0 Å². The van der Waals surface area contributed by atoms with E-state index in [9.17, 15) is 4.79 Å². The predicted octanol–water partition coefficient (Wildman–Crippen LogP) is 2.59. The highest BCUT2D eigenvalue weighted by molar-refractivity contribution is 7.80. The van der Waals surface area contributed by atoms with Gasteiger partial charge in [0.25, 0.3) is 0 Å². The number of nitrogens with one attached hydrogen (secondary N) is 2. The van der Waals surface area contributed by atoms with Gasteiger partial charge in [-0.2, -0.15) is 0 Å². The van der Waals surface area contributed by atoms with E-state index in [1.165, 1.54) is 0 Å². The number of anilines is 2. The summed E-state index contributed by atoms with van der Waals surface area (Å²) in [4.78, 5) is 13.8. The van der Waals surface area contributed by atoms with Crippen LogP contribution in [0, 0.1) is 6.92 Å². The average Bonchev–Trinajstić information content (AvgIpc) is 3.19. The second-order valence-corrected chi connectivity index (χ2v) is 6.53. The molecule has 2 saturated heterocycles. The first-order valence-electron chi connectivity index (χ1n) is 8.21. The van der Waals surface area contributed by atoms with Crippen molar-refractivity contribution >= 4 is 34.6 Å². The lowest BCUT2D eigenvalue weighted by atomic mass is 10.1. The Kier molecular flexibility index (Phi) is 5.13. The Hall–Kier alpha value is -1.66. The molecule has 0 bridgehead atoms. The van der Waals surface area contributed by atoms with E-state index >= 15 is 0 Å². The lowest BCUT2D eigenvalue weighted by molar-refractivity contribution is -0.117. The van der Waals surface area contributed by atoms with E-state index in [0.29, 0.717) is 11.5 Å². The second-order valence-electron chi connectivity index (χ2n) is 6.12. The van der Waals surface area contributed by atoms with Crippen LogP contribution in [0.4, 0.5) is 11.4 Å². The van der Waals surface area contributed by atoms with Gasteiger partial charge in [-0.15, -0.1) is 0 Å². The van der Waals surface area contributed by atoms with E-state index in [1.54, 1.807) is 0 Å². The molecular weight excluding hydrogens is 310 g/mol. The molecule has 1 aromatic rings. The Bertz CT molecular complexity index is 600. The van der Waals surface area contributed by atoms with Crippen molar-refractivity contribution in [3.8, 4) is 0 Å². The Morgan fingerprint density at radius 1 is 1.43 bits per heavy atom. The van der Waals surface area contributed by atoms with Gasteiger partial charge in [0.1, 0.15) is 0 Å². The maximum Gasteiger partial charge on any atom is 0.227 e. The number of carbonyl (C=O) groups excluding carboxylic acids is 1. The van der Waals surface area contributed by atoms with Crippen LogP contribution in [-0.2, 0) is 9.53 Å². The number of carbonyl (C=O) groups is 1. The van der Waals surface area contributed by atoms with E-state index in [1.807, 2.05) is 30.0 Å². The number of benzene rings is 1. The summed E-state index contributed by atoms with van der Waals surface area (Å²) in [6.07, 6.45) is 4.03. The third-order valence-corrected chi connectivity index (χ3v) is 4.59. The van der Waals surface area contributed by atoms with Crippen molar-refractivity contribution < 1.29 is 9.53 Å². The van der Waals surface area contributed by atoms with Gasteiger partial charge in [0, 0.05) is 37.5 Å². The Labute approximate surface area is 142 Å². The summed E-state index contributed by atoms with van der Waals surface area (Å²) in [5.41, 5.74) is 2.97. The van der Waals surface area contributed by atoms with E-state index in [2.05, 4.69) is 10.6 Å². The molecule has 0 aromatic heterocycles. The van der Waals surface area contributed by atoms with Gasteiger partial charge in [0.05, 0.1) is 6.10 Å². The van der Waals surface area contributed by atoms with E-state index in [0.717, 1.165) is 55.9 Å². The zero-order chi connectivity index (χ0) is 16.2. The second kappa shape index (κ2) is 7.27. The largest absolute Gasteiger partial charge is 0.376 e. The first-order valence-corrected chi connectivity index (χ1v) is 8.62. The summed E-state index contributed by atoms with van der Waals surface area (Å²) in [6, 6.07) is 6.00. The third-order valence-electron chi connectivity index (χ3n) is 4.35. The number of nitrogens with zero attached hydrogens (tertiary/aromatic N) is 1. The van der Waals surface area contributed by atoms with Crippen LogP contribution < -0.4 is 15.5 Å². The maximum atomic E-state index is 12.0. The molecule has 2 N–H and O–H groups in total. The normalized spacial score (nSPS) is 20.8. The molecule has 1 aromatic carbocycles. The van der Waals surface area contributed by atoms with Crippen LogP contribution in [-0.4, -0.2) is 36.8 Å². The number of ether oxygens (including phenoxy) is 1. The summed E-state index contributed by atoms with van der Waals surface area (Å²) in [6.45, 7) is 4.40. The Balaban J connectivity index is 1.61. The molecule has 1 amide bonds. The van der Waals surface area contributed by atoms with Gasteiger partial charge in [-0.1, -0.05) is 6.07 Å². The van der Waals surface area contributed by atoms with Gasteiger partial charge in [0.15, 0.2) is 5.11 Å². The fourth-order valence-corrected chi connectivity index (χ4v) is 3.27. The van der Waals surface area contributed by atoms with Crippen molar-refractivity contribution in [3.63, 3.8) is 0 Å². The molecule has 0 radical (unpaired) electrons. The molecule has 2 aliphatic heterocycles. The molecule has 2 heterocycles. The van der Waals surface area contributed by atoms with Gasteiger partial charge in [0.2, 0.25) is 5.91 Å². The van der Waals surface area contributed by atoms with E-state index < -0.39 is 0 Å². The highest BCUT2D eigenvalue weighted by Crippen LogP contribution is 2.28. The fourth-order valence-electron chi connectivity index (χ4n) is 3.07. The van der Waals surface area contributed by atoms with E-state index in [4.69, 9.17) is 17.0 Å². The first-order chi connectivity index (χ1) is 11.1. The number of hydrogen-bond donors (Lipinski definition) is 2. The van der Waals surface area contributed by atoms with Crippen LogP contribution in [0.15, 0.2) is 18.2 Å². The molecule has 0 unspecified atom stereocenters. The minimum Gasteiger partial charge on any atom is -0.376 e. The van der Waals surface area contributed by atoms with Crippen molar-refractivity contribution in [3.05, 3.63) is 23.8 Å². The number of hydrogen-bond acceptors (Lipinski definition) is 3. The molecule has 2 fully saturated rings. The van der Waals surface area contributed by atoms with Crippen LogP contribution in [0.3, 0.4) is 0 Å². The molecule has 1 atom stereocenters. The van der Waals surface area contributed by atoms with Crippen LogP contribution in [0.25, 0.3) is 0 Å². The van der Waals surface area contributed by atoms with Crippen LogP contribution >= 0.6 is 12.2 Å². The summed E-state index contributed by atoms with van der Waals surface area (Å²) < 4.78 is 5.57. The highest BCUT2D eigenvalue weighted by atomic mass is 32.1. The maximum absolute atomic E-state index is 12.0. The number of rotatable bonds is 4. The topological polar surface area (TPSA) is 53.6 Å². The number of amides is 1. The van der Waals surface area contributed by atoms with Crippen molar-refractivity contribution in [2.75, 3.05) is 29.9 Å². The van der Waals surface area contributed by atoms with Gasteiger partial charge in [-0.05, 0) is 56.1 Å². The lowest BCUT2D eigenvalue weighted by Gasteiger charge is -2.20. The van der Waals surface area contributed by atoms with Gasteiger partial charge in [-0.3, -0.25) is 4.79 Å². The van der Waals surface area contributed by atoms with Crippen molar-refractivity contribution in [2.24, 2.45) is 0 Å². The molecule has 5 nitrogen and oxygen atoms in total. The monoisotopic (exact) mass is 333 g/mol. The van der Waals surface area contributed by atoms with Gasteiger partial charge >= 0.3 is 0 Å². The smallest absolute Gasteiger partial charge is 0.227 e. The Morgan fingerprint density at radius 3 is 3.00 bits per heavy atom. The van der Waals surface area contributed by atoms with Crippen molar-refractivity contribution in [1.29, 1.82) is 0 Å². The molecule has 124 valence electrons. The fraction of sp³-hybridized carbons (Fsp3) is 0.529. The standard InChI is InChI=1S/C17H23N3O2S/c1-12-6-7-13(10-15(12)20-8-2-5-16(20)21)19-17(23)18-11-14-4-3-9-22-14/h6-7,10,14H,2-5,8-9,11H2,1H3,(H2,18,19,23)/t14-/m1/s1. The third kappa shape index (κ3) is 4.00. The summed E-state index contributed by atoms with van der Waals surface area (Å²) in [5, 5.41) is 6.99. The molecular formula is C17H23N3O2S. The minimum absolute atomic E-state index is 0.198. The quantitative estimate of drug-likeness (QED) is 0.830. The lowest BCUT2D eigenvalue weighted by Crippen LogP contribution is -2.34. The van der Waals surface area contributed by atoms with Crippen LogP contribution in [0.2, 0.25) is 0 Å². The summed E-state index contributed by atoms with van der Waals surface area (Å²) >= 11 is 5.35. The number of aryl methyl sites for hydroxylation is 1. The number of thiocarbonyl (C=S) groups is 1. The Morgan fingerprint density at radius 2 is 2.30 bits per heavy atom. The molecule has 3 rings (SSSR count). The predicted molar refractivity (Wildman–Crippen MR) is 96.0 cm³/mol. The minimum atomic E-state index is 0.198. The molecule has 0 spiro atoms.